The topological polar surface area (TPSA) is 29.5 Å². The highest BCUT2D eigenvalue weighted by Crippen LogP contribution is 2.28. The summed E-state index contributed by atoms with van der Waals surface area (Å²) in [5, 5.41) is 0. The summed E-state index contributed by atoms with van der Waals surface area (Å²) in [5.41, 5.74) is 0. The minimum absolute atomic E-state index is 0.145. The molecule has 1 rings (SSSR count). The van der Waals surface area contributed by atoms with Crippen LogP contribution in [-0.2, 0) is 9.53 Å². The molecule has 0 spiro atoms. The molecule has 0 aromatic carbocycles. The van der Waals surface area contributed by atoms with Gasteiger partial charge < -0.3 is 9.64 Å². The van der Waals surface area contributed by atoms with Gasteiger partial charge >= 0.3 is 0 Å². The monoisotopic (exact) mass is 259 g/mol. The van der Waals surface area contributed by atoms with Crippen molar-refractivity contribution >= 4 is 17.7 Å². The molecule has 1 saturated heterocycles. The predicted molar refractivity (Wildman–Crippen MR) is 73.4 cm³/mol. The number of rotatable bonds is 4. The fourth-order valence-corrected chi connectivity index (χ4v) is 3.09. The average molecular weight is 259 g/mol. The minimum atomic E-state index is 0.145. The molecule has 0 bridgehead atoms. The van der Waals surface area contributed by atoms with Gasteiger partial charge in [-0.3, -0.25) is 4.79 Å². The van der Waals surface area contributed by atoms with Gasteiger partial charge in [-0.15, -0.1) is 0 Å². The summed E-state index contributed by atoms with van der Waals surface area (Å²) in [6, 6.07) is 0.399. The van der Waals surface area contributed by atoms with Gasteiger partial charge in [-0.2, -0.15) is 11.8 Å². The highest BCUT2D eigenvalue weighted by Gasteiger charge is 2.27. The van der Waals surface area contributed by atoms with Gasteiger partial charge in [0, 0.05) is 30.2 Å². The van der Waals surface area contributed by atoms with Crippen LogP contribution in [0, 0.1) is 0 Å². The maximum Gasteiger partial charge on any atom is 0.248 e. The van der Waals surface area contributed by atoms with Gasteiger partial charge in [0.2, 0.25) is 5.91 Å². The van der Waals surface area contributed by atoms with E-state index in [0.29, 0.717) is 6.04 Å². The molecule has 17 heavy (non-hydrogen) atoms. The number of ether oxygens (including phenoxy) is 1. The van der Waals surface area contributed by atoms with E-state index in [-0.39, 0.29) is 17.3 Å². The zero-order valence-electron chi connectivity index (χ0n) is 11.5. The van der Waals surface area contributed by atoms with E-state index in [1.807, 2.05) is 16.7 Å². The summed E-state index contributed by atoms with van der Waals surface area (Å²) < 4.78 is 5.22. The first-order chi connectivity index (χ1) is 7.94. The molecule has 1 aliphatic heterocycles. The van der Waals surface area contributed by atoms with Gasteiger partial charge in [-0.1, -0.05) is 20.8 Å². The van der Waals surface area contributed by atoms with Gasteiger partial charge in [-0.05, 0) is 19.3 Å². The lowest BCUT2D eigenvalue weighted by atomic mass is 10.0. The number of nitrogens with zero attached hydrogens (tertiary/aromatic N) is 1. The van der Waals surface area contributed by atoms with Crippen molar-refractivity contribution < 1.29 is 9.53 Å². The number of hydrogen-bond donors (Lipinski definition) is 0. The van der Waals surface area contributed by atoms with Gasteiger partial charge in [0.25, 0.3) is 0 Å². The van der Waals surface area contributed by atoms with E-state index in [4.69, 9.17) is 4.74 Å². The summed E-state index contributed by atoms with van der Waals surface area (Å²) in [7, 11) is 1.58. The van der Waals surface area contributed by atoms with Gasteiger partial charge in [0.15, 0.2) is 0 Å². The third kappa shape index (κ3) is 5.30. The highest BCUT2D eigenvalue weighted by molar-refractivity contribution is 8.00. The summed E-state index contributed by atoms with van der Waals surface area (Å²) >= 11 is 1.94. The predicted octanol–water partition coefficient (Wildman–Crippen LogP) is 2.55. The molecule has 1 heterocycles. The van der Waals surface area contributed by atoms with Crippen molar-refractivity contribution in [3.05, 3.63) is 0 Å². The Morgan fingerprint density at radius 1 is 1.41 bits per heavy atom. The Morgan fingerprint density at radius 3 is 2.71 bits per heavy atom. The SMILES string of the molecule is COCC(=O)N1CCCC[C@H]1CSC(C)(C)C. The van der Waals surface area contributed by atoms with Crippen molar-refractivity contribution in [2.24, 2.45) is 0 Å². The lowest BCUT2D eigenvalue weighted by Crippen LogP contribution is -2.46. The van der Waals surface area contributed by atoms with Crippen LogP contribution in [0.2, 0.25) is 0 Å². The summed E-state index contributed by atoms with van der Waals surface area (Å²) in [5.74, 6) is 1.19. The molecule has 4 heteroatoms. The Kier molecular flexibility index (Phi) is 5.80. The van der Waals surface area contributed by atoms with E-state index in [0.717, 1.165) is 25.1 Å². The smallest absolute Gasteiger partial charge is 0.248 e. The maximum atomic E-state index is 11.9. The van der Waals surface area contributed by atoms with Crippen LogP contribution in [0.15, 0.2) is 0 Å². The second kappa shape index (κ2) is 6.64. The van der Waals surface area contributed by atoms with Gasteiger partial charge in [0.1, 0.15) is 6.61 Å². The first-order valence-electron chi connectivity index (χ1n) is 6.36. The van der Waals surface area contributed by atoms with Crippen molar-refractivity contribution in [1.29, 1.82) is 0 Å². The maximum absolute atomic E-state index is 11.9. The van der Waals surface area contributed by atoms with Crippen LogP contribution in [0.25, 0.3) is 0 Å². The van der Waals surface area contributed by atoms with Crippen LogP contribution in [0.1, 0.15) is 40.0 Å². The number of thioether (sulfide) groups is 1. The Labute approximate surface area is 109 Å². The molecule has 0 unspecified atom stereocenters. The zero-order chi connectivity index (χ0) is 12.9. The standard InChI is InChI=1S/C13H25NO2S/c1-13(2,3)17-10-11-7-5-6-8-14(11)12(15)9-16-4/h11H,5-10H2,1-4H3/t11-/m0/s1. The number of likely N-dealkylation sites (tertiary alicyclic amines) is 1. The molecule has 0 radical (unpaired) electrons. The summed E-state index contributed by atoms with van der Waals surface area (Å²) in [6.07, 6.45) is 3.51. The Hall–Kier alpha value is -0.220. The average Bonchev–Trinajstić information content (AvgIpc) is 2.26. The quantitative estimate of drug-likeness (QED) is 0.777. The lowest BCUT2D eigenvalue weighted by molar-refractivity contribution is -0.138. The first-order valence-corrected chi connectivity index (χ1v) is 7.35. The fourth-order valence-electron chi connectivity index (χ4n) is 2.05. The van der Waals surface area contributed by atoms with Crippen LogP contribution in [-0.4, -0.2) is 47.6 Å². The largest absolute Gasteiger partial charge is 0.375 e. The number of hydrogen-bond acceptors (Lipinski definition) is 3. The normalized spacial score (nSPS) is 21.6. The third-order valence-electron chi connectivity index (χ3n) is 2.92. The molecule has 100 valence electrons. The van der Waals surface area contributed by atoms with Crippen molar-refractivity contribution in [1.82, 2.24) is 4.90 Å². The molecule has 1 aliphatic rings. The van der Waals surface area contributed by atoms with Crippen molar-refractivity contribution in [2.45, 2.75) is 50.8 Å². The first kappa shape index (κ1) is 14.8. The molecule has 1 fully saturated rings. The molecular weight excluding hydrogens is 234 g/mol. The second-order valence-corrected chi connectivity index (χ2v) is 7.44. The highest BCUT2D eigenvalue weighted by atomic mass is 32.2. The molecule has 0 aromatic rings. The van der Waals surface area contributed by atoms with E-state index in [1.165, 1.54) is 6.42 Å². The fraction of sp³-hybridized carbons (Fsp3) is 0.923. The summed E-state index contributed by atoms with van der Waals surface area (Å²) in [6.45, 7) is 7.79. The van der Waals surface area contributed by atoms with E-state index in [9.17, 15) is 4.79 Å². The number of carbonyl (C=O) groups is 1. The molecule has 0 saturated carbocycles. The van der Waals surface area contributed by atoms with E-state index < -0.39 is 0 Å². The number of amides is 1. The van der Waals surface area contributed by atoms with Gasteiger partial charge in [-0.25, -0.2) is 0 Å². The Bertz CT molecular complexity index is 250. The van der Waals surface area contributed by atoms with Crippen LogP contribution >= 0.6 is 11.8 Å². The second-order valence-electron chi connectivity index (χ2n) is 5.59. The minimum Gasteiger partial charge on any atom is -0.375 e. The van der Waals surface area contributed by atoms with Crippen LogP contribution < -0.4 is 0 Å². The molecule has 1 amide bonds. The van der Waals surface area contributed by atoms with E-state index in [1.54, 1.807) is 7.11 Å². The number of methoxy groups -OCH3 is 1. The Balaban J connectivity index is 2.50. The van der Waals surface area contributed by atoms with Crippen LogP contribution in [0.5, 0.6) is 0 Å². The lowest BCUT2D eigenvalue weighted by Gasteiger charge is -2.36. The molecule has 1 atom stereocenters. The third-order valence-corrected chi connectivity index (χ3v) is 4.34. The van der Waals surface area contributed by atoms with Crippen molar-refractivity contribution in [2.75, 3.05) is 26.0 Å². The van der Waals surface area contributed by atoms with E-state index in [2.05, 4.69) is 20.8 Å². The van der Waals surface area contributed by atoms with E-state index >= 15 is 0 Å². The molecule has 0 aromatic heterocycles. The molecule has 0 N–H and O–H groups in total. The van der Waals surface area contributed by atoms with Crippen LogP contribution in [0.4, 0.5) is 0 Å². The zero-order valence-corrected chi connectivity index (χ0v) is 12.3. The van der Waals surface area contributed by atoms with Crippen LogP contribution in [0.3, 0.4) is 0 Å². The molecular formula is C13H25NO2S. The number of piperidine rings is 1. The number of carbonyl (C=O) groups excluding carboxylic acids is 1. The van der Waals surface area contributed by atoms with Crippen molar-refractivity contribution in [3.63, 3.8) is 0 Å². The summed E-state index contributed by atoms with van der Waals surface area (Å²) in [4.78, 5) is 13.9. The van der Waals surface area contributed by atoms with Gasteiger partial charge in [0.05, 0.1) is 0 Å². The van der Waals surface area contributed by atoms with Crippen molar-refractivity contribution in [3.8, 4) is 0 Å². The Morgan fingerprint density at radius 2 is 2.12 bits per heavy atom. The molecule has 3 nitrogen and oxygen atoms in total. The molecule has 0 aliphatic carbocycles.